The molecule has 0 atom stereocenters. The molecule has 1 aromatic carbocycles. The van der Waals surface area contributed by atoms with Crippen LogP contribution in [0.5, 0.6) is 11.5 Å². The highest BCUT2D eigenvalue weighted by Crippen LogP contribution is 2.33. The van der Waals surface area contributed by atoms with Crippen molar-refractivity contribution in [3.8, 4) is 11.5 Å². The Labute approximate surface area is 173 Å². The van der Waals surface area contributed by atoms with Crippen molar-refractivity contribution in [2.24, 2.45) is 0 Å². The summed E-state index contributed by atoms with van der Waals surface area (Å²) in [7, 11) is 5.11. The van der Waals surface area contributed by atoms with Crippen LogP contribution in [0.15, 0.2) is 12.1 Å². The molecule has 0 spiro atoms. The summed E-state index contributed by atoms with van der Waals surface area (Å²) in [4.78, 5) is 26.0. The number of amides is 2. The van der Waals surface area contributed by atoms with Crippen LogP contribution in [0.4, 0.5) is 0 Å². The van der Waals surface area contributed by atoms with E-state index in [-0.39, 0.29) is 24.2 Å². The van der Waals surface area contributed by atoms with Gasteiger partial charge < -0.3 is 25.0 Å². The van der Waals surface area contributed by atoms with Gasteiger partial charge in [-0.2, -0.15) is 0 Å². The van der Waals surface area contributed by atoms with E-state index in [9.17, 15) is 9.59 Å². The molecule has 0 aliphatic carbocycles. The minimum atomic E-state index is 0. The molecule has 0 bridgehead atoms. The molecule has 8 heteroatoms. The van der Waals surface area contributed by atoms with Gasteiger partial charge in [-0.15, -0.1) is 12.4 Å². The molecule has 2 N–H and O–H groups in total. The third-order valence-electron chi connectivity index (χ3n) is 4.79. The maximum Gasteiger partial charge on any atom is 0.222 e. The van der Waals surface area contributed by atoms with Gasteiger partial charge in [0.05, 0.1) is 14.2 Å². The molecule has 7 nitrogen and oxygen atoms in total. The van der Waals surface area contributed by atoms with Gasteiger partial charge in [0.15, 0.2) is 11.5 Å². The number of benzene rings is 1. The lowest BCUT2D eigenvalue weighted by molar-refractivity contribution is -0.132. The molecule has 28 heavy (non-hydrogen) atoms. The first kappa shape index (κ1) is 24.0. The van der Waals surface area contributed by atoms with E-state index in [1.165, 1.54) is 5.56 Å². The molecule has 0 saturated carbocycles. The highest BCUT2D eigenvalue weighted by molar-refractivity contribution is 5.85. The monoisotopic (exact) mass is 413 g/mol. The van der Waals surface area contributed by atoms with Crippen molar-refractivity contribution < 1.29 is 19.1 Å². The second kappa shape index (κ2) is 12.5. The normalized spacial score (nSPS) is 12.6. The number of hydrogen-bond acceptors (Lipinski definition) is 5. The molecule has 0 aromatic heterocycles. The minimum absolute atomic E-state index is 0. The van der Waals surface area contributed by atoms with E-state index in [0.29, 0.717) is 44.6 Å². The average molecular weight is 414 g/mol. The third-order valence-corrected chi connectivity index (χ3v) is 4.79. The number of rotatable bonds is 10. The molecule has 1 heterocycles. The SMILES string of the molecule is CNCCCC(=O)NCCCC(=O)N1CCc2cc(OC)c(OC)cc2C1.Cl. The van der Waals surface area contributed by atoms with Gasteiger partial charge in [0, 0.05) is 32.5 Å². The number of nitrogens with one attached hydrogen (secondary N) is 2. The molecular formula is C20H32ClN3O4. The van der Waals surface area contributed by atoms with Crippen LogP contribution in [0, 0.1) is 0 Å². The van der Waals surface area contributed by atoms with Gasteiger partial charge in [-0.1, -0.05) is 0 Å². The predicted octanol–water partition coefficient (Wildman–Crippen LogP) is 1.91. The number of methoxy groups -OCH3 is 2. The zero-order valence-electron chi connectivity index (χ0n) is 17.0. The lowest BCUT2D eigenvalue weighted by atomic mass is 9.98. The van der Waals surface area contributed by atoms with Crippen LogP contribution in [0.2, 0.25) is 0 Å². The number of carbonyl (C=O) groups excluding carboxylic acids is 2. The van der Waals surface area contributed by atoms with Gasteiger partial charge in [-0.05, 0) is 56.1 Å². The summed E-state index contributed by atoms with van der Waals surface area (Å²) < 4.78 is 10.7. The second-order valence-corrected chi connectivity index (χ2v) is 6.70. The standard InChI is InChI=1S/C20H31N3O4.ClH/c1-21-9-4-6-19(24)22-10-5-7-20(25)23-11-8-15-12-17(26-2)18(27-3)13-16(15)14-23;/h12-13,21H,4-11,14H2,1-3H3,(H,22,24);1H. The smallest absolute Gasteiger partial charge is 0.222 e. The Morgan fingerprint density at radius 1 is 1.04 bits per heavy atom. The van der Waals surface area contributed by atoms with Crippen LogP contribution >= 0.6 is 12.4 Å². The summed E-state index contributed by atoms with van der Waals surface area (Å²) in [5.74, 6) is 1.58. The topological polar surface area (TPSA) is 79.9 Å². The Kier molecular flexibility index (Phi) is 10.7. The molecule has 158 valence electrons. The van der Waals surface area contributed by atoms with Gasteiger partial charge in [-0.25, -0.2) is 0 Å². The molecule has 0 radical (unpaired) electrons. The largest absolute Gasteiger partial charge is 0.493 e. The Morgan fingerprint density at radius 3 is 2.32 bits per heavy atom. The first-order valence-corrected chi connectivity index (χ1v) is 9.52. The van der Waals surface area contributed by atoms with Crippen molar-refractivity contribution in [2.45, 2.75) is 38.6 Å². The van der Waals surface area contributed by atoms with E-state index in [1.54, 1.807) is 14.2 Å². The summed E-state index contributed by atoms with van der Waals surface area (Å²) in [5, 5.41) is 5.89. The highest BCUT2D eigenvalue weighted by Gasteiger charge is 2.22. The van der Waals surface area contributed by atoms with E-state index in [0.717, 1.165) is 30.7 Å². The van der Waals surface area contributed by atoms with Gasteiger partial charge in [0.25, 0.3) is 0 Å². The Morgan fingerprint density at radius 2 is 1.68 bits per heavy atom. The van der Waals surface area contributed by atoms with Crippen LogP contribution in [0.3, 0.4) is 0 Å². The molecule has 0 unspecified atom stereocenters. The molecule has 0 fully saturated rings. The van der Waals surface area contributed by atoms with Crippen LogP contribution in [0.1, 0.15) is 36.8 Å². The summed E-state index contributed by atoms with van der Waals surface area (Å²) >= 11 is 0. The van der Waals surface area contributed by atoms with Crippen molar-refractivity contribution in [1.29, 1.82) is 0 Å². The van der Waals surface area contributed by atoms with Gasteiger partial charge in [0.1, 0.15) is 0 Å². The van der Waals surface area contributed by atoms with E-state index in [1.807, 2.05) is 24.1 Å². The highest BCUT2D eigenvalue weighted by atomic mass is 35.5. The van der Waals surface area contributed by atoms with Gasteiger partial charge in [0.2, 0.25) is 11.8 Å². The van der Waals surface area contributed by atoms with Crippen molar-refractivity contribution in [2.75, 3.05) is 40.9 Å². The van der Waals surface area contributed by atoms with E-state index in [4.69, 9.17) is 9.47 Å². The first-order valence-electron chi connectivity index (χ1n) is 9.52. The average Bonchev–Trinajstić information content (AvgIpc) is 2.69. The molecule has 1 aromatic rings. The maximum atomic E-state index is 12.5. The maximum absolute atomic E-state index is 12.5. The fourth-order valence-corrected chi connectivity index (χ4v) is 3.24. The van der Waals surface area contributed by atoms with Crippen molar-refractivity contribution in [1.82, 2.24) is 15.5 Å². The van der Waals surface area contributed by atoms with Crippen molar-refractivity contribution >= 4 is 24.2 Å². The number of hydrogen-bond donors (Lipinski definition) is 2. The van der Waals surface area contributed by atoms with Crippen LogP contribution in [-0.4, -0.2) is 57.6 Å². The fraction of sp³-hybridized carbons (Fsp3) is 0.600. The Balaban J connectivity index is 0.00000392. The molecule has 2 amide bonds. The molecular weight excluding hydrogens is 382 g/mol. The number of halogens is 1. The van der Waals surface area contributed by atoms with E-state index >= 15 is 0 Å². The number of fused-ring (bicyclic) bond motifs is 1. The van der Waals surface area contributed by atoms with Crippen molar-refractivity contribution in [3.05, 3.63) is 23.3 Å². The van der Waals surface area contributed by atoms with Crippen LogP contribution in [-0.2, 0) is 22.6 Å². The molecule has 2 rings (SSSR count). The summed E-state index contributed by atoms with van der Waals surface area (Å²) in [5.41, 5.74) is 2.30. The number of carbonyl (C=O) groups is 2. The zero-order chi connectivity index (χ0) is 19.6. The summed E-state index contributed by atoms with van der Waals surface area (Å²) in [6, 6.07) is 3.96. The zero-order valence-corrected chi connectivity index (χ0v) is 17.8. The van der Waals surface area contributed by atoms with Gasteiger partial charge in [-0.3, -0.25) is 9.59 Å². The quantitative estimate of drug-likeness (QED) is 0.573. The van der Waals surface area contributed by atoms with Crippen LogP contribution < -0.4 is 20.1 Å². The van der Waals surface area contributed by atoms with E-state index in [2.05, 4.69) is 10.6 Å². The molecule has 0 saturated heterocycles. The third kappa shape index (κ3) is 6.87. The summed E-state index contributed by atoms with van der Waals surface area (Å²) in [6.45, 7) is 2.67. The minimum Gasteiger partial charge on any atom is -0.493 e. The molecule has 1 aliphatic heterocycles. The predicted molar refractivity (Wildman–Crippen MR) is 111 cm³/mol. The summed E-state index contributed by atoms with van der Waals surface area (Å²) in [6.07, 6.45) is 3.25. The lowest BCUT2D eigenvalue weighted by Gasteiger charge is -2.29. The first-order chi connectivity index (χ1) is 13.1. The Hall–Kier alpha value is -1.99. The van der Waals surface area contributed by atoms with Crippen LogP contribution in [0.25, 0.3) is 0 Å². The second-order valence-electron chi connectivity index (χ2n) is 6.70. The van der Waals surface area contributed by atoms with E-state index < -0.39 is 0 Å². The Bertz CT molecular complexity index is 655. The van der Waals surface area contributed by atoms with Crippen molar-refractivity contribution in [3.63, 3.8) is 0 Å². The lowest BCUT2D eigenvalue weighted by Crippen LogP contribution is -2.36. The molecule has 1 aliphatic rings. The number of ether oxygens (including phenoxy) is 2. The van der Waals surface area contributed by atoms with Gasteiger partial charge >= 0.3 is 0 Å². The fourth-order valence-electron chi connectivity index (χ4n) is 3.24. The number of nitrogens with zero attached hydrogens (tertiary/aromatic N) is 1.